The van der Waals surface area contributed by atoms with Gasteiger partial charge in [-0.05, 0) is 37.1 Å². The fourth-order valence-corrected chi connectivity index (χ4v) is 5.45. The van der Waals surface area contributed by atoms with Gasteiger partial charge in [0.25, 0.3) is 15.8 Å². The summed E-state index contributed by atoms with van der Waals surface area (Å²) < 4.78 is 39.7. The van der Waals surface area contributed by atoms with Crippen LogP contribution in [0.2, 0.25) is 4.34 Å². The maximum absolute atomic E-state index is 12.3. The number of ether oxygens (including phenoxy) is 2. The van der Waals surface area contributed by atoms with Crippen molar-refractivity contribution in [2.45, 2.75) is 35.7 Å². The van der Waals surface area contributed by atoms with E-state index in [9.17, 15) is 8.42 Å². The minimum atomic E-state index is -3.65. The average molecular weight is 372 g/mol. The quantitative estimate of drug-likeness (QED) is 0.876. The van der Waals surface area contributed by atoms with E-state index < -0.39 is 15.8 Å². The maximum Gasteiger partial charge on any atom is 0.271 e. The van der Waals surface area contributed by atoms with Crippen molar-refractivity contribution in [3.05, 3.63) is 34.7 Å². The summed E-state index contributed by atoms with van der Waals surface area (Å²) in [7, 11) is -3.65. The van der Waals surface area contributed by atoms with Crippen LogP contribution in [0.25, 0.3) is 0 Å². The molecule has 0 unspecified atom stereocenters. The molecule has 1 aromatic heterocycles. The summed E-state index contributed by atoms with van der Waals surface area (Å²) in [6.07, 6.45) is 3.87. The SMILES string of the molecule is O=S(=O)(Nc1ccc2c(c1)OC1(CCCC1)O2)c1ccc(Cl)s1. The van der Waals surface area contributed by atoms with E-state index in [2.05, 4.69) is 4.72 Å². The molecule has 2 heterocycles. The summed E-state index contributed by atoms with van der Waals surface area (Å²) in [5.74, 6) is 0.687. The van der Waals surface area contributed by atoms with Gasteiger partial charge in [0.15, 0.2) is 11.5 Å². The molecule has 1 aromatic carbocycles. The average Bonchev–Trinajstić information content (AvgIpc) is 3.19. The molecule has 0 atom stereocenters. The van der Waals surface area contributed by atoms with Gasteiger partial charge in [-0.15, -0.1) is 11.3 Å². The predicted molar refractivity (Wildman–Crippen MR) is 89.0 cm³/mol. The van der Waals surface area contributed by atoms with Crippen LogP contribution in [0, 0.1) is 0 Å². The first-order valence-corrected chi connectivity index (χ1v) is 9.94. The zero-order chi connectivity index (χ0) is 16.1. The second kappa shape index (κ2) is 5.29. The number of hydrogen-bond acceptors (Lipinski definition) is 5. The molecule has 8 heteroatoms. The van der Waals surface area contributed by atoms with E-state index in [0.29, 0.717) is 21.5 Å². The molecule has 5 nitrogen and oxygen atoms in total. The lowest BCUT2D eigenvalue weighted by atomic mass is 10.2. The molecule has 1 N–H and O–H groups in total. The number of anilines is 1. The molecule has 2 aliphatic rings. The molecule has 23 heavy (non-hydrogen) atoms. The second-order valence-corrected chi connectivity index (χ2v) is 9.27. The third kappa shape index (κ3) is 2.77. The van der Waals surface area contributed by atoms with Crippen molar-refractivity contribution < 1.29 is 17.9 Å². The van der Waals surface area contributed by atoms with Crippen molar-refractivity contribution in [1.29, 1.82) is 0 Å². The van der Waals surface area contributed by atoms with Gasteiger partial charge in [-0.25, -0.2) is 8.42 Å². The van der Waals surface area contributed by atoms with Crippen molar-refractivity contribution >= 4 is 38.6 Å². The molecule has 0 saturated heterocycles. The van der Waals surface area contributed by atoms with E-state index in [4.69, 9.17) is 21.1 Å². The molecule has 1 saturated carbocycles. The van der Waals surface area contributed by atoms with Crippen molar-refractivity contribution in [3.63, 3.8) is 0 Å². The highest BCUT2D eigenvalue weighted by Crippen LogP contribution is 2.47. The fourth-order valence-electron chi connectivity index (χ4n) is 2.92. The van der Waals surface area contributed by atoms with Crippen molar-refractivity contribution in [2.75, 3.05) is 4.72 Å². The van der Waals surface area contributed by atoms with Gasteiger partial charge in [0.05, 0.1) is 10.0 Å². The molecule has 1 fully saturated rings. The molecular formula is C15H14ClNO4S2. The third-order valence-corrected chi connectivity index (χ3v) is 7.07. The van der Waals surface area contributed by atoms with Gasteiger partial charge in [0.2, 0.25) is 0 Å². The highest BCUT2D eigenvalue weighted by Gasteiger charge is 2.44. The van der Waals surface area contributed by atoms with Crippen molar-refractivity contribution in [1.82, 2.24) is 0 Å². The van der Waals surface area contributed by atoms with Crippen LogP contribution < -0.4 is 14.2 Å². The molecular weight excluding hydrogens is 358 g/mol. The van der Waals surface area contributed by atoms with E-state index in [1.165, 1.54) is 6.07 Å². The summed E-state index contributed by atoms with van der Waals surface area (Å²) in [5.41, 5.74) is 0.437. The Morgan fingerprint density at radius 2 is 1.83 bits per heavy atom. The zero-order valence-electron chi connectivity index (χ0n) is 12.0. The molecule has 0 radical (unpaired) electrons. The number of fused-ring (bicyclic) bond motifs is 1. The number of sulfonamides is 1. The largest absolute Gasteiger partial charge is 0.448 e. The summed E-state index contributed by atoms with van der Waals surface area (Å²) in [6.45, 7) is 0. The van der Waals surface area contributed by atoms with Crippen LogP contribution in [0.15, 0.2) is 34.5 Å². The van der Waals surface area contributed by atoms with Gasteiger partial charge >= 0.3 is 0 Å². The first kappa shape index (κ1) is 15.1. The van der Waals surface area contributed by atoms with Gasteiger partial charge in [0, 0.05) is 18.9 Å². The van der Waals surface area contributed by atoms with E-state index in [1.54, 1.807) is 24.3 Å². The Labute approximate surface area is 143 Å². The van der Waals surface area contributed by atoms with Gasteiger partial charge in [-0.1, -0.05) is 11.6 Å². The second-order valence-electron chi connectivity index (χ2n) is 5.65. The van der Waals surface area contributed by atoms with Gasteiger partial charge in [-0.3, -0.25) is 4.72 Å². The Bertz CT molecular complexity index is 856. The Hall–Kier alpha value is -1.44. The van der Waals surface area contributed by atoms with E-state index in [1.807, 2.05) is 0 Å². The van der Waals surface area contributed by atoms with Crippen LogP contribution in [0.5, 0.6) is 11.5 Å². The maximum atomic E-state index is 12.3. The molecule has 1 spiro atoms. The highest BCUT2D eigenvalue weighted by atomic mass is 35.5. The van der Waals surface area contributed by atoms with Crippen LogP contribution in [0.1, 0.15) is 25.7 Å². The van der Waals surface area contributed by atoms with E-state index in [-0.39, 0.29) is 4.21 Å². The molecule has 1 aliphatic carbocycles. The smallest absolute Gasteiger partial charge is 0.271 e. The van der Waals surface area contributed by atoms with E-state index in [0.717, 1.165) is 37.0 Å². The van der Waals surface area contributed by atoms with Crippen LogP contribution in [-0.4, -0.2) is 14.2 Å². The molecule has 2 aromatic rings. The Morgan fingerprint density at radius 1 is 1.09 bits per heavy atom. The first-order valence-electron chi connectivity index (χ1n) is 7.26. The predicted octanol–water partition coefficient (Wildman–Crippen LogP) is 4.24. The topological polar surface area (TPSA) is 64.6 Å². The molecule has 0 bridgehead atoms. The van der Waals surface area contributed by atoms with Crippen LogP contribution in [-0.2, 0) is 10.0 Å². The minimum absolute atomic E-state index is 0.174. The van der Waals surface area contributed by atoms with Gasteiger partial charge in [0.1, 0.15) is 4.21 Å². The summed E-state index contributed by atoms with van der Waals surface area (Å²) in [4.78, 5) is 0. The molecule has 1 aliphatic heterocycles. The number of rotatable bonds is 3. The van der Waals surface area contributed by atoms with E-state index >= 15 is 0 Å². The number of halogens is 1. The zero-order valence-corrected chi connectivity index (χ0v) is 14.4. The number of hydrogen-bond donors (Lipinski definition) is 1. The summed E-state index contributed by atoms with van der Waals surface area (Å²) in [5, 5.41) is 0. The Kier molecular flexibility index (Phi) is 3.48. The third-order valence-electron chi connectivity index (χ3n) is 3.97. The van der Waals surface area contributed by atoms with Gasteiger partial charge in [-0.2, -0.15) is 0 Å². The number of thiophene rings is 1. The van der Waals surface area contributed by atoms with Crippen LogP contribution >= 0.6 is 22.9 Å². The lowest BCUT2D eigenvalue weighted by Crippen LogP contribution is -2.34. The van der Waals surface area contributed by atoms with Crippen LogP contribution in [0.4, 0.5) is 5.69 Å². The standard InChI is InChI=1S/C15H14ClNO4S2/c16-13-5-6-14(22-13)23(18,19)17-10-3-4-11-12(9-10)21-15(20-11)7-1-2-8-15/h3-6,9,17H,1-2,7-8H2. The summed E-state index contributed by atoms with van der Waals surface area (Å²) >= 11 is 6.82. The molecule has 0 amide bonds. The minimum Gasteiger partial charge on any atom is -0.448 e. The highest BCUT2D eigenvalue weighted by molar-refractivity contribution is 7.94. The monoisotopic (exact) mass is 371 g/mol. The number of benzene rings is 1. The van der Waals surface area contributed by atoms with Crippen molar-refractivity contribution in [3.8, 4) is 11.5 Å². The van der Waals surface area contributed by atoms with Crippen LogP contribution in [0.3, 0.4) is 0 Å². The Balaban J connectivity index is 1.58. The van der Waals surface area contributed by atoms with Gasteiger partial charge < -0.3 is 9.47 Å². The fraction of sp³-hybridized carbons (Fsp3) is 0.333. The van der Waals surface area contributed by atoms with Crippen molar-refractivity contribution in [2.24, 2.45) is 0 Å². The normalized spacial score (nSPS) is 18.5. The summed E-state index contributed by atoms with van der Waals surface area (Å²) in [6, 6.07) is 8.11. The Morgan fingerprint density at radius 3 is 2.52 bits per heavy atom. The molecule has 4 rings (SSSR count). The first-order chi connectivity index (χ1) is 11.0. The lowest BCUT2D eigenvalue weighted by Gasteiger charge is -2.21. The molecule has 122 valence electrons. The number of nitrogens with one attached hydrogen (secondary N) is 1. The lowest BCUT2D eigenvalue weighted by molar-refractivity contribution is -0.0716.